The number of aliphatic hydroxyl groups excluding tert-OH is 1. The van der Waals surface area contributed by atoms with Crippen molar-refractivity contribution in [2.75, 3.05) is 37.7 Å². The predicted molar refractivity (Wildman–Crippen MR) is 138 cm³/mol. The number of amides is 1. The number of anilines is 1. The van der Waals surface area contributed by atoms with E-state index in [-0.39, 0.29) is 25.2 Å². The highest BCUT2D eigenvalue weighted by molar-refractivity contribution is 6.33. The van der Waals surface area contributed by atoms with Gasteiger partial charge in [0.05, 0.1) is 23.4 Å². The van der Waals surface area contributed by atoms with Crippen LogP contribution in [0, 0.1) is 0 Å². The maximum atomic E-state index is 13.5. The fraction of sp³-hybridized carbons (Fsp3) is 0.296. The molecule has 0 aromatic heterocycles. The summed E-state index contributed by atoms with van der Waals surface area (Å²) < 4.78 is 5.48. The highest BCUT2D eigenvalue weighted by atomic mass is 35.5. The molecule has 0 unspecified atom stereocenters. The molecule has 8 heteroatoms. The number of aliphatic hydroxyl groups is 2. The van der Waals surface area contributed by atoms with Gasteiger partial charge in [0.25, 0.3) is 5.91 Å². The average Bonchev–Trinajstić information content (AvgIpc) is 2.88. The van der Waals surface area contributed by atoms with Crippen molar-refractivity contribution in [1.29, 1.82) is 0 Å². The number of ether oxygens (including phenoxy) is 1. The highest BCUT2D eigenvalue weighted by Gasteiger charge is 2.40. The van der Waals surface area contributed by atoms with E-state index in [0.29, 0.717) is 41.0 Å². The van der Waals surface area contributed by atoms with Gasteiger partial charge in [-0.3, -0.25) is 4.79 Å². The van der Waals surface area contributed by atoms with Crippen molar-refractivity contribution in [3.8, 4) is 5.75 Å². The maximum Gasteiger partial charge on any atom is 0.259 e. The molecule has 0 radical (unpaired) electrons. The molecule has 1 saturated heterocycles. The van der Waals surface area contributed by atoms with Crippen LogP contribution < -0.4 is 9.64 Å². The number of hydrogen-bond acceptors (Lipinski definition) is 5. The summed E-state index contributed by atoms with van der Waals surface area (Å²) in [7, 11) is 0. The first-order valence-electron chi connectivity index (χ1n) is 11.4. The minimum atomic E-state index is -1.64. The van der Waals surface area contributed by atoms with Gasteiger partial charge in [-0.15, -0.1) is 0 Å². The summed E-state index contributed by atoms with van der Waals surface area (Å²) in [6.07, 6.45) is 0. The SMILES string of the molecule is C[C@](O)(C(=O)N1CCN(c2ccc(OCCO)cc2Cl)[C@H](c2ccc(Cl)cc2)C1)c1ccccc1. The van der Waals surface area contributed by atoms with Crippen molar-refractivity contribution in [1.82, 2.24) is 4.90 Å². The van der Waals surface area contributed by atoms with Crippen molar-refractivity contribution in [2.45, 2.75) is 18.6 Å². The van der Waals surface area contributed by atoms with Crippen molar-refractivity contribution in [2.24, 2.45) is 0 Å². The third kappa shape index (κ3) is 5.57. The van der Waals surface area contributed by atoms with Gasteiger partial charge in [-0.2, -0.15) is 0 Å². The molecule has 35 heavy (non-hydrogen) atoms. The highest BCUT2D eigenvalue weighted by Crippen LogP contribution is 2.38. The molecule has 1 heterocycles. The van der Waals surface area contributed by atoms with Crippen LogP contribution in [-0.4, -0.2) is 53.9 Å². The van der Waals surface area contributed by atoms with E-state index in [9.17, 15) is 9.90 Å². The fourth-order valence-corrected chi connectivity index (χ4v) is 4.80. The summed E-state index contributed by atoms with van der Waals surface area (Å²) in [5, 5.41) is 21.3. The lowest BCUT2D eigenvalue weighted by Crippen LogP contribution is -2.55. The Morgan fingerprint density at radius 3 is 2.43 bits per heavy atom. The van der Waals surface area contributed by atoms with E-state index >= 15 is 0 Å². The molecule has 1 fully saturated rings. The molecular weight excluding hydrogens is 487 g/mol. The van der Waals surface area contributed by atoms with Gasteiger partial charge < -0.3 is 24.7 Å². The molecule has 3 aromatic rings. The molecule has 3 aromatic carbocycles. The lowest BCUT2D eigenvalue weighted by Gasteiger charge is -2.45. The third-order valence-electron chi connectivity index (χ3n) is 6.26. The van der Waals surface area contributed by atoms with Crippen LogP contribution in [0.25, 0.3) is 0 Å². The van der Waals surface area contributed by atoms with E-state index in [4.69, 9.17) is 33.0 Å². The van der Waals surface area contributed by atoms with Crippen molar-refractivity contribution >= 4 is 34.8 Å². The number of benzene rings is 3. The number of carbonyl (C=O) groups is 1. The molecule has 1 aliphatic rings. The van der Waals surface area contributed by atoms with Crippen LogP contribution in [0.3, 0.4) is 0 Å². The Labute approximate surface area is 215 Å². The Kier molecular flexibility index (Phi) is 7.87. The largest absolute Gasteiger partial charge is 0.491 e. The first-order valence-corrected chi connectivity index (χ1v) is 12.2. The molecule has 0 bridgehead atoms. The van der Waals surface area contributed by atoms with E-state index in [1.165, 1.54) is 6.92 Å². The van der Waals surface area contributed by atoms with Gasteiger partial charge in [0.1, 0.15) is 12.4 Å². The molecule has 184 valence electrons. The van der Waals surface area contributed by atoms with Crippen LogP contribution in [0.1, 0.15) is 24.1 Å². The summed E-state index contributed by atoms with van der Waals surface area (Å²) in [6, 6.07) is 21.7. The Morgan fingerprint density at radius 2 is 1.77 bits per heavy atom. The van der Waals surface area contributed by atoms with Gasteiger partial charge in [0, 0.05) is 30.7 Å². The number of rotatable bonds is 7. The zero-order valence-electron chi connectivity index (χ0n) is 19.4. The van der Waals surface area contributed by atoms with Crippen molar-refractivity contribution in [3.63, 3.8) is 0 Å². The standard InChI is InChI=1S/C27H28Cl2N2O4/c1-27(34,20-5-3-2-4-6-20)26(33)30-13-14-31(25(18-30)19-7-9-21(28)10-8-19)24-12-11-22(17-23(24)29)35-16-15-32/h2-12,17,25,32,34H,13-16,18H2,1H3/t25-,27+/m0/s1. The number of halogens is 2. The number of piperazine rings is 1. The Bertz CT molecular complexity index is 1160. The number of nitrogens with zero attached hydrogens (tertiary/aromatic N) is 2. The molecule has 4 rings (SSSR count). The van der Waals surface area contributed by atoms with Crippen LogP contribution in [0.5, 0.6) is 5.75 Å². The summed E-state index contributed by atoms with van der Waals surface area (Å²) in [6.45, 7) is 2.94. The topological polar surface area (TPSA) is 73.2 Å². The van der Waals surface area contributed by atoms with Crippen LogP contribution >= 0.6 is 23.2 Å². The number of carbonyl (C=O) groups excluding carboxylic acids is 1. The van der Waals surface area contributed by atoms with Gasteiger partial charge in [0.15, 0.2) is 5.60 Å². The lowest BCUT2D eigenvalue weighted by molar-refractivity contribution is -0.151. The van der Waals surface area contributed by atoms with E-state index in [0.717, 1.165) is 11.3 Å². The average molecular weight is 515 g/mol. The molecule has 6 nitrogen and oxygen atoms in total. The number of hydrogen-bond donors (Lipinski definition) is 2. The minimum absolute atomic E-state index is 0.0826. The second-order valence-corrected chi connectivity index (χ2v) is 9.48. The summed E-state index contributed by atoms with van der Waals surface area (Å²) >= 11 is 12.8. The summed E-state index contributed by atoms with van der Waals surface area (Å²) in [5.41, 5.74) is 0.696. The fourth-order valence-electron chi connectivity index (χ4n) is 4.39. The molecule has 0 saturated carbocycles. The van der Waals surface area contributed by atoms with Gasteiger partial charge in [-0.25, -0.2) is 0 Å². The smallest absolute Gasteiger partial charge is 0.259 e. The Hall–Kier alpha value is -2.77. The maximum absolute atomic E-state index is 13.5. The molecule has 1 amide bonds. The molecule has 0 spiro atoms. The summed E-state index contributed by atoms with van der Waals surface area (Å²) in [5.74, 6) is 0.227. The van der Waals surface area contributed by atoms with E-state index < -0.39 is 5.60 Å². The monoisotopic (exact) mass is 514 g/mol. The Morgan fingerprint density at radius 1 is 1.06 bits per heavy atom. The zero-order valence-corrected chi connectivity index (χ0v) is 20.9. The predicted octanol–water partition coefficient (Wildman–Crippen LogP) is 4.66. The van der Waals surface area contributed by atoms with Gasteiger partial charge in [-0.05, 0) is 42.3 Å². The normalized spacial score (nSPS) is 17.7. The van der Waals surface area contributed by atoms with Crippen LogP contribution in [0.15, 0.2) is 72.8 Å². The van der Waals surface area contributed by atoms with Gasteiger partial charge in [-0.1, -0.05) is 65.7 Å². The lowest BCUT2D eigenvalue weighted by atomic mass is 9.93. The van der Waals surface area contributed by atoms with Crippen LogP contribution in [0.2, 0.25) is 10.0 Å². The molecular formula is C27H28Cl2N2O4. The third-order valence-corrected chi connectivity index (χ3v) is 6.82. The molecule has 2 atom stereocenters. The van der Waals surface area contributed by atoms with E-state index in [1.54, 1.807) is 23.1 Å². The van der Waals surface area contributed by atoms with Crippen LogP contribution in [0.4, 0.5) is 5.69 Å². The zero-order chi connectivity index (χ0) is 25.0. The van der Waals surface area contributed by atoms with Gasteiger partial charge in [0.2, 0.25) is 0 Å². The van der Waals surface area contributed by atoms with E-state index in [1.807, 2.05) is 54.6 Å². The van der Waals surface area contributed by atoms with Gasteiger partial charge >= 0.3 is 0 Å². The molecule has 0 aliphatic carbocycles. The van der Waals surface area contributed by atoms with Crippen molar-refractivity contribution in [3.05, 3.63) is 94.0 Å². The minimum Gasteiger partial charge on any atom is -0.491 e. The quantitative estimate of drug-likeness (QED) is 0.479. The van der Waals surface area contributed by atoms with Crippen molar-refractivity contribution < 1.29 is 19.7 Å². The van der Waals surface area contributed by atoms with Crippen LogP contribution in [-0.2, 0) is 10.4 Å². The van der Waals surface area contributed by atoms with E-state index in [2.05, 4.69) is 4.90 Å². The molecule has 2 N–H and O–H groups in total. The first kappa shape index (κ1) is 25.3. The second-order valence-electron chi connectivity index (χ2n) is 8.64. The second kappa shape index (κ2) is 10.9. The Balaban J connectivity index is 1.64. The molecule has 1 aliphatic heterocycles. The first-order chi connectivity index (χ1) is 16.8. The summed E-state index contributed by atoms with van der Waals surface area (Å²) in [4.78, 5) is 17.3.